The predicted molar refractivity (Wildman–Crippen MR) is 399 cm³/mol. The summed E-state index contributed by atoms with van der Waals surface area (Å²) in [7, 11) is 0. The topological polar surface area (TPSA) is 75.9 Å². The first kappa shape index (κ1) is 58.0. The van der Waals surface area contributed by atoms with Crippen molar-refractivity contribution in [1.82, 2.24) is 29.5 Å². The molecule has 96 heavy (non-hydrogen) atoms. The van der Waals surface area contributed by atoms with Gasteiger partial charge in [-0.1, -0.05) is 242 Å². The van der Waals surface area contributed by atoms with E-state index in [1.54, 1.807) is 0 Å². The van der Waals surface area contributed by atoms with E-state index in [2.05, 4.69) is 323 Å². The van der Waals surface area contributed by atoms with Crippen LogP contribution in [0.1, 0.15) is 52.7 Å². The Bertz CT molecular complexity index is 5360. The van der Waals surface area contributed by atoms with Gasteiger partial charge >= 0.3 is 0 Å². The van der Waals surface area contributed by atoms with Crippen LogP contribution in [0.3, 0.4) is 0 Å². The van der Waals surface area contributed by atoms with Gasteiger partial charge in [-0.2, -0.15) is 0 Å². The summed E-state index contributed by atoms with van der Waals surface area (Å²) < 4.78 is 2.40. The highest BCUT2D eigenvalue weighted by molar-refractivity contribution is 7.00. The first-order chi connectivity index (χ1) is 46.9. The molecule has 3 aromatic heterocycles. The maximum absolute atomic E-state index is 5.56. The molecule has 458 valence electrons. The van der Waals surface area contributed by atoms with E-state index in [0.717, 1.165) is 84.0 Å². The summed E-state index contributed by atoms with van der Waals surface area (Å²) in [5.41, 5.74) is 25.6. The molecular weight excluding hydrogens is 1170 g/mol. The van der Waals surface area contributed by atoms with E-state index in [0.29, 0.717) is 23.3 Å². The number of para-hydroxylation sites is 3. The van der Waals surface area contributed by atoms with E-state index in [1.807, 2.05) is 30.3 Å². The molecule has 8 nitrogen and oxygen atoms in total. The average molecular weight is 1240 g/mol. The van der Waals surface area contributed by atoms with Crippen molar-refractivity contribution in [1.29, 1.82) is 0 Å². The lowest BCUT2D eigenvalue weighted by Crippen LogP contribution is -2.61. The SMILES string of the molecule is CC(C)(C)c1ccc2c(c1)c1cc(C(C)(C)C)ccc1n2-c1ccc(-c2nc(-c3ccccc3)cc(-c3ccccc3)n2)cc1-c1nc(-c2ccccc2)nc(-c2ccc(-c3ccc(N4c5ccccc5B5c6ccccc6N(c6ccccc6)c6cccc4c65)cc3)cc2)n1. The quantitative estimate of drug-likeness (QED) is 0.126. The molecule has 0 aliphatic carbocycles. The van der Waals surface area contributed by atoms with Crippen molar-refractivity contribution < 1.29 is 0 Å². The third-order valence-corrected chi connectivity index (χ3v) is 19.2. The molecular formula is C87H67BN8. The van der Waals surface area contributed by atoms with Crippen LogP contribution < -0.4 is 26.2 Å². The first-order valence-corrected chi connectivity index (χ1v) is 33.1. The van der Waals surface area contributed by atoms with E-state index in [-0.39, 0.29) is 17.5 Å². The normalized spacial score (nSPS) is 12.6. The van der Waals surface area contributed by atoms with Gasteiger partial charge in [-0.15, -0.1) is 0 Å². The van der Waals surface area contributed by atoms with Crippen LogP contribution in [0.4, 0.5) is 34.1 Å². The van der Waals surface area contributed by atoms with Crippen molar-refractivity contribution in [3.8, 4) is 84.9 Å². The number of benzene rings is 12. The summed E-state index contributed by atoms with van der Waals surface area (Å²) >= 11 is 0. The molecule has 0 radical (unpaired) electrons. The average Bonchev–Trinajstić information content (AvgIpc) is 0.823. The molecule has 0 amide bonds. The van der Waals surface area contributed by atoms with E-state index in [4.69, 9.17) is 24.9 Å². The van der Waals surface area contributed by atoms with Crippen LogP contribution in [-0.4, -0.2) is 36.2 Å². The second-order valence-corrected chi connectivity index (χ2v) is 27.3. The molecule has 9 heteroatoms. The van der Waals surface area contributed by atoms with E-state index < -0.39 is 0 Å². The second kappa shape index (κ2) is 23.0. The molecule has 0 N–H and O–H groups in total. The number of anilines is 6. The van der Waals surface area contributed by atoms with Gasteiger partial charge in [0.05, 0.1) is 28.1 Å². The third-order valence-electron chi connectivity index (χ3n) is 19.2. The number of fused-ring (bicyclic) bond motifs is 7. The molecule has 2 aliphatic heterocycles. The molecule has 0 saturated heterocycles. The number of nitrogens with zero attached hydrogens (tertiary/aromatic N) is 8. The van der Waals surface area contributed by atoms with Gasteiger partial charge < -0.3 is 14.4 Å². The Balaban J connectivity index is 0.802. The van der Waals surface area contributed by atoms with Crippen molar-refractivity contribution >= 4 is 79.0 Å². The van der Waals surface area contributed by atoms with E-state index >= 15 is 0 Å². The minimum absolute atomic E-state index is 0.0718. The molecule has 12 aromatic carbocycles. The Morgan fingerprint density at radius 1 is 0.281 bits per heavy atom. The zero-order valence-corrected chi connectivity index (χ0v) is 54.4. The van der Waals surface area contributed by atoms with Crippen LogP contribution in [0.25, 0.3) is 107 Å². The zero-order valence-electron chi connectivity index (χ0n) is 54.4. The monoisotopic (exact) mass is 1230 g/mol. The predicted octanol–water partition coefficient (Wildman–Crippen LogP) is 20.1. The summed E-state index contributed by atoms with van der Waals surface area (Å²) in [6, 6.07) is 107. The number of rotatable bonds is 10. The van der Waals surface area contributed by atoms with Crippen LogP contribution in [0, 0.1) is 0 Å². The maximum Gasteiger partial charge on any atom is 0.252 e. The highest BCUT2D eigenvalue weighted by Gasteiger charge is 2.43. The molecule has 0 spiro atoms. The summed E-state index contributed by atoms with van der Waals surface area (Å²) in [6.07, 6.45) is 0. The highest BCUT2D eigenvalue weighted by Crippen LogP contribution is 2.46. The van der Waals surface area contributed by atoms with Gasteiger partial charge in [0.15, 0.2) is 23.3 Å². The molecule has 0 atom stereocenters. The minimum atomic E-state index is -0.0718. The van der Waals surface area contributed by atoms with E-state index in [1.165, 1.54) is 61.0 Å². The van der Waals surface area contributed by atoms with Crippen molar-refractivity contribution in [2.75, 3.05) is 9.80 Å². The Morgan fingerprint density at radius 2 is 0.677 bits per heavy atom. The van der Waals surface area contributed by atoms with Gasteiger partial charge in [0.1, 0.15) is 0 Å². The number of hydrogen-bond acceptors (Lipinski definition) is 7. The molecule has 0 unspecified atom stereocenters. The minimum Gasteiger partial charge on any atom is -0.311 e. The maximum atomic E-state index is 5.56. The Morgan fingerprint density at radius 3 is 1.19 bits per heavy atom. The number of aromatic nitrogens is 6. The number of hydrogen-bond donors (Lipinski definition) is 0. The highest BCUT2D eigenvalue weighted by atomic mass is 15.2. The van der Waals surface area contributed by atoms with Gasteiger partial charge in [0, 0.05) is 78.3 Å². The van der Waals surface area contributed by atoms with Crippen LogP contribution in [0.5, 0.6) is 0 Å². The largest absolute Gasteiger partial charge is 0.311 e. The fourth-order valence-electron chi connectivity index (χ4n) is 14.3. The summed E-state index contributed by atoms with van der Waals surface area (Å²) in [4.78, 5) is 32.0. The molecule has 0 bridgehead atoms. The van der Waals surface area contributed by atoms with Gasteiger partial charge in [0.2, 0.25) is 0 Å². The summed E-state index contributed by atoms with van der Waals surface area (Å²) in [5.74, 6) is 2.23. The molecule has 15 aromatic rings. The van der Waals surface area contributed by atoms with E-state index in [9.17, 15) is 0 Å². The van der Waals surface area contributed by atoms with Gasteiger partial charge in [-0.05, 0) is 147 Å². The molecule has 2 aliphatic rings. The van der Waals surface area contributed by atoms with Crippen molar-refractivity contribution in [3.05, 3.63) is 308 Å². The summed E-state index contributed by atoms with van der Waals surface area (Å²) in [6.45, 7) is 13.8. The smallest absolute Gasteiger partial charge is 0.252 e. The summed E-state index contributed by atoms with van der Waals surface area (Å²) in [5, 5.41) is 2.38. The second-order valence-electron chi connectivity index (χ2n) is 27.3. The Kier molecular flexibility index (Phi) is 13.9. The van der Waals surface area contributed by atoms with Crippen molar-refractivity contribution in [2.24, 2.45) is 0 Å². The van der Waals surface area contributed by atoms with Crippen LogP contribution in [0.2, 0.25) is 0 Å². The lowest BCUT2D eigenvalue weighted by molar-refractivity contribution is 0.590. The molecule has 0 fully saturated rings. The van der Waals surface area contributed by atoms with Crippen LogP contribution in [0.15, 0.2) is 297 Å². The molecule has 0 saturated carbocycles. The van der Waals surface area contributed by atoms with Gasteiger partial charge in [-0.3, -0.25) is 0 Å². The lowest BCUT2D eigenvalue weighted by atomic mass is 9.33. The standard InChI is InChI=1S/C87H67BN8/c1-86(2,3)63-45-50-74-67(53-63)68-54-64(87(4,5)6)46-51-75(68)96(74)76-49-44-62(84-89-72(58-24-11-7-12-25-58)55-73(90-84)59-26-13-8-14-27-59)52-69(76)85-92-82(60-28-15-9-16-29-60)91-83(93-85)61-40-38-56(39-41-61)57-42-47-66(48-43-57)95-78-35-22-20-33-71(78)88-70-32-19-21-34-77(70)94(65-30-17-10-18-31-65)79-36-23-37-80(95)81(79)88/h7-55H,1-6H3. The fraction of sp³-hybridized carbons (Fsp3) is 0.0920. The molecule has 5 heterocycles. The van der Waals surface area contributed by atoms with Crippen molar-refractivity contribution in [3.63, 3.8) is 0 Å². The Labute approximate surface area is 560 Å². The first-order valence-electron chi connectivity index (χ1n) is 33.1. The van der Waals surface area contributed by atoms with Crippen LogP contribution >= 0.6 is 0 Å². The van der Waals surface area contributed by atoms with Crippen molar-refractivity contribution in [2.45, 2.75) is 52.4 Å². The van der Waals surface area contributed by atoms with Crippen LogP contribution in [-0.2, 0) is 10.8 Å². The Hall–Kier alpha value is -11.8. The third kappa shape index (κ3) is 10.1. The van der Waals surface area contributed by atoms with Gasteiger partial charge in [-0.25, -0.2) is 24.9 Å². The molecule has 17 rings (SSSR count). The zero-order chi connectivity index (χ0) is 64.8. The van der Waals surface area contributed by atoms with Gasteiger partial charge in [0.25, 0.3) is 6.71 Å². The fourth-order valence-corrected chi connectivity index (χ4v) is 14.3. The lowest BCUT2D eigenvalue weighted by Gasteiger charge is -2.44.